The number of phenols is 1. The molecule has 0 radical (unpaired) electrons. The Morgan fingerprint density at radius 1 is 1.31 bits per heavy atom. The Morgan fingerprint density at radius 3 is 2.85 bits per heavy atom. The van der Waals surface area contributed by atoms with Gasteiger partial charge in [-0.25, -0.2) is 9.59 Å². The highest BCUT2D eigenvalue weighted by Crippen LogP contribution is 2.27. The highest BCUT2D eigenvalue weighted by atomic mass is 16.5. The molecule has 8 nitrogen and oxygen atoms in total. The molecule has 0 unspecified atom stereocenters. The van der Waals surface area contributed by atoms with E-state index >= 15 is 0 Å². The summed E-state index contributed by atoms with van der Waals surface area (Å²) in [6, 6.07) is 10.8. The predicted molar refractivity (Wildman–Crippen MR) is 93.1 cm³/mol. The summed E-state index contributed by atoms with van der Waals surface area (Å²) in [4.78, 5) is 27.4. The van der Waals surface area contributed by atoms with Gasteiger partial charge in [0, 0.05) is 21.9 Å². The monoisotopic (exact) mass is 351 g/mol. The Kier molecular flexibility index (Phi) is 4.59. The van der Waals surface area contributed by atoms with Gasteiger partial charge in [0.05, 0.1) is 12.1 Å². The number of carbonyl (C=O) groups is 1. The third-order valence-electron chi connectivity index (χ3n) is 3.83. The molecule has 0 aliphatic heterocycles. The number of aromatic hydroxyl groups is 1. The van der Waals surface area contributed by atoms with E-state index in [1.165, 1.54) is 18.2 Å². The molecule has 1 N–H and O–H groups in total. The smallest absolute Gasteiger partial charge is 0.380 e. The quantitative estimate of drug-likeness (QED) is 0.251. The highest BCUT2D eigenvalue weighted by molar-refractivity contribution is 5.93. The summed E-state index contributed by atoms with van der Waals surface area (Å²) in [5.41, 5.74) is 8.89. The van der Waals surface area contributed by atoms with Gasteiger partial charge in [0.15, 0.2) is 0 Å². The third-order valence-corrected chi connectivity index (χ3v) is 3.83. The molecule has 0 atom stereocenters. The average Bonchev–Trinajstić information content (AvgIpc) is 2.63. The van der Waals surface area contributed by atoms with Gasteiger partial charge in [-0.2, -0.15) is 0 Å². The van der Waals surface area contributed by atoms with Crippen LogP contribution in [0.5, 0.6) is 11.5 Å². The van der Waals surface area contributed by atoms with Crippen LogP contribution >= 0.6 is 0 Å². The fraction of sp³-hybridized carbons (Fsp3) is 0.111. The molecule has 2 aromatic carbocycles. The number of esters is 1. The van der Waals surface area contributed by atoms with Crippen LogP contribution in [0.3, 0.4) is 0 Å². The number of hydrogen-bond donors (Lipinski definition) is 1. The second kappa shape index (κ2) is 7.00. The number of ether oxygens (including phenoxy) is 1. The SMILES string of the molecule is Cc1c(OC(=O)c2ccccc2CN=[N+]=[N-])c(=O)oc2cc(O)ccc12. The summed E-state index contributed by atoms with van der Waals surface area (Å²) in [6.45, 7) is 1.59. The number of nitrogens with zero attached hydrogens (tertiary/aromatic N) is 3. The molecule has 0 saturated heterocycles. The van der Waals surface area contributed by atoms with Gasteiger partial charge in [-0.3, -0.25) is 0 Å². The van der Waals surface area contributed by atoms with Crippen molar-refractivity contribution in [2.75, 3.05) is 0 Å². The van der Waals surface area contributed by atoms with Crippen molar-refractivity contribution in [3.63, 3.8) is 0 Å². The molecule has 0 amide bonds. The topological polar surface area (TPSA) is 126 Å². The van der Waals surface area contributed by atoms with Crippen LogP contribution in [-0.2, 0) is 6.54 Å². The van der Waals surface area contributed by atoms with Gasteiger partial charge < -0.3 is 14.3 Å². The van der Waals surface area contributed by atoms with E-state index in [0.717, 1.165) is 0 Å². The first-order chi connectivity index (χ1) is 12.5. The lowest BCUT2D eigenvalue weighted by atomic mass is 10.1. The van der Waals surface area contributed by atoms with Crippen molar-refractivity contribution in [1.82, 2.24) is 0 Å². The Morgan fingerprint density at radius 2 is 2.08 bits per heavy atom. The van der Waals surface area contributed by atoms with E-state index in [1.54, 1.807) is 31.2 Å². The maximum absolute atomic E-state index is 12.5. The standard InChI is InChI=1S/C18H13N3O5/c1-10-13-7-6-12(22)8-15(13)25-18(24)16(10)26-17(23)14-5-3-2-4-11(14)9-20-21-19/h2-8,22H,9H2,1H3. The van der Waals surface area contributed by atoms with Gasteiger partial charge in [0.25, 0.3) is 0 Å². The lowest BCUT2D eigenvalue weighted by Crippen LogP contribution is -2.17. The fourth-order valence-electron chi connectivity index (χ4n) is 2.56. The maximum Gasteiger partial charge on any atom is 0.380 e. The third kappa shape index (κ3) is 3.22. The van der Waals surface area contributed by atoms with Crippen LogP contribution in [0.4, 0.5) is 0 Å². The van der Waals surface area contributed by atoms with Gasteiger partial charge >= 0.3 is 11.6 Å². The number of fused-ring (bicyclic) bond motifs is 1. The summed E-state index contributed by atoms with van der Waals surface area (Å²) < 4.78 is 10.4. The lowest BCUT2D eigenvalue weighted by molar-refractivity contribution is 0.0726. The van der Waals surface area contributed by atoms with Crippen molar-refractivity contribution in [3.8, 4) is 11.5 Å². The van der Waals surface area contributed by atoms with Gasteiger partial charge in [-0.1, -0.05) is 23.3 Å². The van der Waals surface area contributed by atoms with Crippen molar-refractivity contribution in [2.45, 2.75) is 13.5 Å². The zero-order chi connectivity index (χ0) is 18.7. The van der Waals surface area contributed by atoms with E-state index in [0.29, 0.717) is 16.5 Å². The van der Waals surface area contributed by atoms with Crippen LogP contribution in [0.2, 0.25) is 0 Å². The van der Waals surface area contributed by atoms with Crippen LogP contribution in [0.25, 0.3) is 21.4 Å². The van der Waals surface area contributed by atoms with Crippen molar-refractivity contribution >= 4 is 16.9 Å². The minimum absolute atomic E-state index is 0.0215. The first-order valence-corrected chi connectivity index (χ1v) is 7.58. The van der Waals surface area contributed by atoms with Crippen molar-refractivity contribution in [1.29, 1.82) is 0 Å². The summed E-state index contributed by atoms with van der Waals surface area (Å²) in [5, 5.41) is 13.5. The van der Waals surface area contributed by atoms with Gasteiger partial charge in [0.1, 0.15) is 11.3 Å². The molecule has 8 heteroatoms. The molecular weight excluding hydrogens is 338 g/mol. The molecular formula is C18H13N3O5. The maximum atomic E-state index is 12.5. The Labute approximate surface area is 146 Å². The molecule has 0 aliphatic carbocycles. The minimum Gasteiger partial charge on any atom is -0.508 e. The molecule has 0 aliphatic rings. The second-order valence-electron chi connectivity index (χ2n) is 5.46. The van der Waals surface area contributed by atoms with Crippen LogP contribution in [0, 0.1) is 6.92 Å². The molecule has 3 aromatic rings. The first-order valence-electron chi connectivity index (χ1n) is 7.58. The summed E-state index contributed by atoms with van der Waals surface area (Å²) in [7, 11) is 0. The Balaban J connectivity index is 2.02. The van der Waals surface area contributed by atoms with E-state index in [1.807, 2.05) is 0 Å². The number of rotatable bonds is 4. The summed E-state index contributed by atoms with van der Waals surface area (Å²) in [6.07, 6.45) is 0. The molecule has 0 spiro atoms. The summed E-state index contributed by atoms with van der Waals surface area (Å²) in [5.74, 6) is -1.04. The molecule has 130 valence electrons. The molecule has 1 heterocycles. The molecule has 1 aromatic heterocycles. The fourth-order valence-corrected chi connectivity index (χ4v) is 2.56. The minimum atomic E-state index is -0.832. The second-order valence-corrected chi connectivity index (χ2v) is 5.46. The molecule has 0 saturated carbocycles. The van der Waals surface area contributed by atoms with Gasteiger partial charge in [-0.05, 0) is 36.2 Å². The molecule has 0 bridgehead atoms. The molecule has 0 fully saturated rings. The van der Waals surface area contributed by atoms with Gasteiger partial charge in [0.2, 0.25) is 5.75 Å². The van der Waals surface area contributed by atoms with Crippen LogP contribution in [0.1, 0.15) is 21.5 Å². The van der Waals surface area contributed by atoms with Crippen molar-refractivity contribution in [3.05, 3.63) is 80.0 Å². The molecule has 26 heavy (non-hydrogen) atoms. The number of hydrogen-bond acceptors (Lipinski definition) is 6. The number of phenolic OH excluding ortho intramolecular Hbond substituents is 1. The van der Waals surface area contributed by atoms with Crippen LogP contribution < -0.4 is 10.4 Å². The Hall–Kier alpha value is -3.77. The summed E-state index contributed by atoms with van der Waals surface area (Å²) >= 11 is 0. The average molecular weight is 351 g/mol. The van der Waals surface area contributed by atoms with Crippen LogP contribution in [0.15, 0.2) is 56.8 Å². The zero-order valence-electron chi connectivity index (χ0n) is 13.7. The van der Waals surface area contributed by atoms with E-state index in [4.69, 9.17) is 14.7 Å². The van der Waals surface area contributed by atoms with Crippen molar-refractivity contribution in [2.24, 2.45) is 5.11 Å². The molecule has 3 rings (SSSR count). The zero-order valence-corrected chi connectivity index (χ0v) is 13.7. The number of aryl methyl sites for hydroxylation is 1. The first kappa shape index (κ1) is 17.1. The van der Waals surface area contributed by atoms with Crippen molar-refractivity contribution < 1.29 is 19.1 Å². The predicted octanol–water partition coefficient (Wildman–Crippen LogP) is 3.84. The highest BCUT2D eigenvalue weighted by Gasteiger charge is 2.19. The van der Waals surface area contributed by atoms with E-state index in [9.17, 15) is 14.7 Å². The number of azide groups is 1. The lowest BCUT2D eigenvalue weighted by Gasteiger charge is -2.10. The normalized spacial score (nSPS) is 10.3. The number of benzene rings is 2. The largest absolute Gasteiger partial charge is 0.508 e. The van der Waals surface area contributed by atoms with Gasteiger partial charge in [-0.15, -0.1) is 0 Å². The van der Waals surface area contributed by atoms with E-state index < -0.39 is 11.6 Å². The number of carbonyl (C=O) groups excluding carboxylic acids is 1. The Bertz CT molecular complexity index is 1110. The van der Waals surface area contributed by atoms with E-state index in [-0.39, 0.29) is 29.2 Å². The van der Waals surface area contributed by atoms with Crippen LogP contribution in [-0.4, -0.2) is 11.1 Å². The van der Waals surface area contributed by atoms with E-state index in [2.05, 4.69) is 10.0 Å².